The zero-order chi connectivity index (χ0) is 18.7. The molecule has 1 aromatic carbocycles. The molecule has 3 rings (SSSR count). The summed E-state index contributed by atoms with van der Waals surface area (Å²) >= 11 is 1.24. The van der Waals surface area contributed by atoms with Gasteiger partial charge in [0.2, 0.25) is 5.91 Å². The molecule has 26 heavy (non-hydrogen) atoms. The van der Waals surface area contributed by atoms with Gasteiger partial charge in [0.1, 0.15) is 5.69 Å². The van der Waals surface area contributed by atoms with Crippen LogP contribution in [0.25, 0.3) is 5.69 Å². The number of thioether (sulfide) groups is 1. The maximum atomic E-state index is 12.8. The van der Waals surface area contributed by atoms with E-state index >= 15 is 0 Å². The molecule has 1 amide bonds. The number of amides is 1. The number of hydrogen-bond acceptors (Lipinski definition) is 5. The monoisotopic (exact) mass is 369 g/mol. The summed E-state index contributed by atoms with van der Waals surface area (Å²) in [6.45, 7) is 3.55. The maximum absolute atomic E-state index is 12.8. The molecule has 1 N–H and O–H groups in total. The molecular formula is C18H19N5O2S. The number of anilines is 1. The summed E-state index contributed by atoms with van der Waals surface area (Å²) in [5.74, 6) is -0.270. The smallest absolute Gasteiger partial charge is 0.295 e. The maximum Gasteiger partial charge on any atom is 0.295 e. The lowest BCUT2D eigenvalue weighted by molar-refractivity contribution is -0.115. The fourth-order valence-corrected chi connectivity index (χ4v) is 3.22. The fourth-order valence-electron chi connectivity index (χ4n) is 2.50. The topological polar surface area (TPSA) is 81.8 Å². The van der Waals surface area contributed by atoms with Crippen molar-refractivity contribution in [2.75, 3.05) is 5.32 Å². The van der Waals surface area contributed by atoms with Crippen LogP contribution in [0.5, 0.6) is 0 Å². The van der Waals surface area contributed by atoms with Crippen molar-refractivity contribution in [1.29, 1.82) is 0 Å². The molecule has 0 aliphatic rings. The third-order valence-corrected chi connectivity index (χ3v) is 4.99. The molecule has 134 valence electrons. The second-order valence-corrected chi connectivity index (χ2v) is 7.03. The summed E-state index contributed by atoms with van der Waals surface area (Å²) in [6.07, 6.45) is 3.25. The lowest BCUT2D eigenvalue weighted by atomic mass is 10.3. The molecular weight excluding hydrogens is 350 g/mol. The van der Waals surface area contributed by atoms with E-state index in [1.54, 1.807) is 44.0 Å². The van der Waals surface area contributed by atoms with E-state index in [0.29, 0.717) is 10.9 Å². The number of para-hydroxylation sites is 1. The molecule has 0 radical (unpaired) electrons. The van der Waals surface area contributed by atoms with Crippen LogP contribution in [0.4, 0.5) is 5.69 Å². The van der Waals surface area contributed by atoms with Crippen LogP contribution in [0.1, 0.15) is 12.6 Å². The zero-order valence-electron chi connectivity index (χ0n) is 14.7. The summed E-state index contributed by atoms with van der Waals surface area (Å²) in [4.78, 5) is 33.6. The minimum Gasteiger partial charge on any atom is -0.319 e. The third kappa shape index (κ3) is 3.55. The molecule has 2 heterocycles. The van der Waals surface area contributed by atoms with Crippen LogP contribution in [0, 0.1) is 6.92 Å². The van der Waals surface area contributed by atoms with Crippen LogP contribution in [0.2, 0.25) is 0 Å². The minimum atomic E-state index is -0.443. The van der Waals surface area contributed by atoms with Crippen LogP contribution in [-0.2, 0) is 11.8 Å². The van der Waals surface area contributed by atoms with Gasteiger partial charge in [-0.25, -0.2) is 14.6 Å². The molecule has 0 aliphatic carbocycles. The molecule has 3 aromatic rings. The Hall–Kier alpha value is -2.87. The summed E-state index contributed by atoms with van der Waals surface area (Å²) in [7, 11) is 1.79. The molecule has 0 fully saturated rings. The molecule has 0 spiro atoms. The number of aromatic nitrogens is 4. The van der Waals surface area contributed by atoms with E-state index in [1.807, 2.05) is 30.3 Å². The first-order valence-corrected chi connectivity index (χ1v) is 8.95. The second kappa shape index (κ2) is 7.57. The first-order chi connectivity index (χ1) is 12.5. The highest BCUT2D eigenvalue weighted by molar-refractivity contribution is 8.00. The molecule has 0 aliphatic heterocycles. The molecule has 8 heteroatoms. The van der Waals surface area contributed by atoms with Gasteiger partial charge in [0.15, 0.2) is 5.16 Å². The summed E-state index contributed by atoms with van der Waals surface area (Å²) in [5.41, 5.74) is 1.43. The molecule has 0 saturated heterocycles. The van der Waals surface area contributed by atoms with Crippen LogP contribution in [0.3, 0.4) is 0 Å². The van der Waals surface area contributed by atoms with Gasteiger partial charge in [-0.3, -0.25) is 14.3 Å². The number of hydrogen-bond donors (Lipinski definition) is 1. The first-order valence-electron chi connectivity index (χ1n) is 8.07. The Labute approximate surface area is 155 Å². The van der Waals surface area contributed by atoms with Crippen molar-refractivity contribution in [3.8, 4) is 5.69 Å². The van der Waals surface area contributed by atoms with Crippen molar-refractivity contribution >= 4 is 23.4 Å². The fraction of sp³-hybridized carbons (Fsp3) is 0.222. The van der Waals surface area contributed by atoms with Crippen molar-refractivity contribution in [3.05, 3.63) is 64.8 Å². The Balaban J connectivity index is 1.84. The average molecular weight is 369 g/mol. The first kappa shape index (κ1) is 17.9. The molecule has 7 nitrogen and oxygen atoms in total. The van der Waals surface area contributed by atoms with E-state index in [0.717, 1.165) is 5.69 Å². The van der Waals surface area contributed by atoms with Crippen molar-refractivity contribution < 1.29 is 4.79 Å². The molecule has 2 aromatic heterocycles. The van der Waals surface area contributed by atoms with Gasteiger partial charge < -0.3 is 5.32 Å². The lowest BCUT2D eigenvalue weighted by Gasteiger charge is -2.10. The Kier molecular flexibility index (Phi) is 5.22. The number of nitrogens with one attached hydrogen (secondary N) is 1. The normalized spacial score (nSPS) is 12.0. The zero-order valence-corrected chi connectivity index (χ0v) is 15.5. The van der Waals surface area contributed by atoms with E-state index in [4.69, 9.17) is 0 Å². The Morgan fingerprint density at radius 2 is 1.81 bits per heavy atom. The summed E-state index contributed by atoms with van der Waals surface area (Å²) < 4.78 is 3.26. The van der Waals surface area contributed by atoms with Gasteiger partial charge >= 0.3 is 0 Å². The lowest BCUT2D eigenvalue weighted by Crippen LogP contribution is -2.27. The SMILES string of the molecule is Cc1c(NC(=O)[C@@H](C)Sc2ncccn2)c(=O)n(-c2ccccc2)n1C. The van der Waals surface area contributed by atoms with Crippen LogP contribution < -0.4 is 10.9 Å². The van der Waals surface area contributed by atoms with Gasteiger partial charge in [-0.05, 0) is 32.0 Å². The number of nitrogens with zero attached hydrogens (tertiary/aromatic N) is 4. The van der Waals surface area contributed by atoms with Crippen LogP contribution >= 0.6 is 11.8 Å². The van der Waals surface area contributed by atoms with Crippen molar-refractivity contribution in [2.24, 2.45) is 7.05 Å². The highest BCUT2D eigenvalue weighted by Gasteiger charge is 2.22. The summed E-state index contributed by atoms with van der Waals surface area (Å²) in [5, 5.41) is 2.83. The van der Waals surface area contributed by atoms with Gasteiger partial charge in [-0.15, -0.1) is 0 Å². The quantitative estimate of drug-likeness (QED) is 0.552. The summed E-state index contributed by atoms with van der Waals surface area (Å²) in [6, 6.07) is 11.0. The molecule has 0 unspecified atom stereocenters. The predicted molar refractivity (Wildman–Crippen MR) is 102 cm³/mol. The Morgan fingerprint density at radius 3 is 2.46 bits per heavy atom. The molecule has 0 saturated carbocycles. The van der Waals surface area contributed by atoms with Crippen LogP contribution in [-0.4, -0.2) is 30.5 Å². The van der Waals surface area contributed by atoms with Gasteiger partial charge in [0.05, 0.1) is 16.6 Å². The van der Waals surface area contributed by atoms with Gasteiger partial charge in [-0.2, -0.15) is 0 Å². The van der Waals surface area contributed by atoms with Gasteiger partial charge in [-0.1, -0.05) is 30.0 Å². The van der Waals surface area contributed by atoms with Crippen molar-refractivity contribution in [3.63, 3.8) is 0 Å². The van der Waals surface area contributed by atoms with Gasteiger partial charge in [0, 0.05) is 19.4 Å². The number of carbonyl (C=O) groups is 1. The Bertz CT molecular complexity index is 966. The van der Waals surface area contributed by atoms with Gasteiger partial charge in [0.25, 0.3) is 5.56 Å². The number of rotatable bonds is 5. The minimum absolute atomic E-state index is 0.266. The molecule has 1 atom stereocenters. The van der Waals surface area contributed by atoms with Crippen LogP contribution in [0.15, 0.2) is 58.7 Å². The van der Waals surface area contributed by atoms with E-state index in [2.05, 4.69) is 15.3 Å². The average Bonchev–Trinajstić information content (AvgIpc) is 2.86. The predicted octanol–water partition coefficient (Wildman–Crippen LogP) is 2.39. The van der Waals surface area contributed by atoms with E-state index in [9.17, 15) is 9.59 Å². The second-order valence-electron chi connectivity index (χ2n) is 5.72. The van der Waals surface area contributed by atoms with E-state index in [1.165, 1.54) is 16.4 Å². The number of carbonyl (C=O) groups excluding carboxylic acids is 1. The van der Waals surface area contributed by atoms with E-state index < -0.39 is 5.25 Å². The standard InChI is InChI=1S/C18H19N5O2S/c1-12-15(17(25)23(22(12)3)14-8-5-4-6-9-14)21-16(24)13(2)26-18-19-10-7-11-20-18/h4-11,13H,1-3H3,(H,21,24)/t13-/m1/s1. The highest BCUT2D eigenvalue weighted by atomic mass is 32.2. The number of benzene rings is 1. The highest BCUT2D eigenvalue weighted by Crippen LogP contribution is 2.20. The van der Waals surface area contributed by atoms with Crippen molar-refractivity contribution in [1.82, 2.24) is 19.3 Å². The largest absolute Gasteiger partial charge is 0.319 e. The Morgan fingerprint density at radius 1 is 1.15 bits per heavy atom. The van der Waals surface area contributed by atoms with E-state index in [-0.39, 0.29) is 17.2 Å². The molecule has 0 bridgehead atoms. The van der Waals surface area contributed by atoms with Crippen molar-refractivity contribution in [2.45, 2.75) is 24.3 Å². The third-order valence-electron chi connectivity index (χ3n) is 4.00.